The fourth-order valence-corrected chi connectivity index (χ4v) is 1.00. The Labute approximate surface area is 82.1 Å². The quantitative estimate of drug-likeness (QED) is 0.668. The van der Waals surface area contributed by atoms with Crippen LogP contribution in [-0.2, 0) is 16.0 Å². The molecule has 4 nitrogen and oxygen atoms in total. The summed E-state index contributed by atoms with van der Waals surface area (Å²) in [4.78, 5) is 15.0. The van der Waals surface area contributed by atoms with Crippen molar-refractivity contribution in [3.8, 4) is 6.07 Å². The Hall–Kier alpha value is -1.89. The van der Waals surface area contributed by atoms with Gasteiger partial charge >= 0.3 is 5.97 Å². The Kier molecular flexibility index (Phi) is 3.62. The molecule has 1 rings (SSSR count). The van der Waals surface area contributed by atoms with Crippen LogP contribution in [0.25, 0.3) is 0 Å². The van der Waals surface area contributed by atoms with Crippen LogP contribution in [0.3, 0.4) is 0 Å². The number of esters is 1. The molecule has 0 aromatic carbocycles. The van der Waals surface area contributed by atoms with Crippen molar-refractivity contribution in [2.24, 2.45) is 0 Å². The van der Waals surface area contributed by atoms with Crippen LogP contribution < -0.4 is 0 Å². The SMILES string of the molecule is CCOC(=O)Cc1cccc(C#N)n1. The molecule has 0 aliphatic rings. The maximum absolute atomic E-state index is 11.1. The van der Waals surface area contributed by atoms with Gasteiger partial charge in [0.2, 0.25) is 0 Å². The molecule has 1 aromatic rings. The smallest absolute Gasteiger partial charge is 0.311 e. The summed E-state index contributed by atoms with van der Waals surface area (Å²) in [5, 5.41) is 8.57. The number of aromatic nitrogens is 1. The van der Waals surface area contributed by atoms with Gasteiger partial charge in [-0.2, -0.15) is 5.26 Å². The van der Waals surface area contributed by atoms with Crippen molar-refractivity contribution in [3.05, 3.63) is 29.6 Å². The summed E-state index contributed by atoms with van der Waals surface area (Å²) in [6.45, 7) is 2.10. The summed E-state index contributed by atoms with van der Waals surface area (Å²) >= 11 is 0. The predicted octanol–water partition coefficient (Wildman–Crippen LogP) is 1.06. The van der Waals surface area contributed by atoms with Crippen LogP contribution in [0.1, 0.15) is 18.3 Å². The number of nitrogens with zero attached hydrogens (tertiary/aromatic N) is 2. The number of rotatable bonds is 3. The molecular weight excluding hydrogens is 180 g/mol. The Morgan fingerprint density at radius 3 is 3.07 bits per heavy atom. The molecule has 14 heavy (non-hydrogen) atoms. The summed E-state index contributed by atoms with van der Waals surface area (Å²) in [5.74, 6) is -0.324. The van der Waals surface area contributed by atoms with E-state index in [0.29, 0.717) is 18.0 Å². The van der Waals surface area contributed by atoms with E-state index in [9.17, 15) is 4.79 Å². The molecule has 72 valence electrons. The third kappa shape index (κ3) is 2.87. The van der Waals surface area contributed by atoms with Crippen molar-refractivity contribution in [1.29, 1.82) is 5.26 Å². The van der Waals surface area contributed by atoms with Gasteiger partial charge in [-0.05, 0) is 19.1 Å². The largest absolute Gasteiger partial charge is 0.466 e. The van der Waals surface area contributed by atoms with E-state index in [0.717, 1.165) is 0 Å². The van der Waals surface area contributed by atoms with Crippen LogP contribution in [-0.4, -0.2) is 17.6 Å². The van der Waals surface area contributed by atoms with Gasteiger partial charge in [0.1, 0.15) is 11.8 Å². The lowest BCUT2D eigenvalue weighted by atomic mass is 10.2. The van der Waals surface area contributed by atoms with Crippen LogP contribution >= 0.6 is 0 Å². The van der Waals surface area contributed by atoms with E-state index in [1.165, 1.54) is 0 Å². The van der Waals surface area contributed by atoms with Crippen molar-refractivity contribution < 1.29 is 9.53 Å². The molecule has 0 N–H and O–H groups in total. The molecular formula is C10H10N2O2. The first-order chi connectivity index (χ1) is 6.76. The normalized spacial score (nSPS) is 9.14. The monoisotopic (exact) mass is 190 g/mol. The molecule has 0 bridgehead atoms. The van der Waals surface area contributed by atoms with Crippen LogP contribution in [0.5, 0.6) is 0 Å². The molecule has 0 spiro atoms. The molecule has 1 aromatic heterocycles. The first kappa shape index (κ1) is 10.2. The van der Waals surface area contributed by atoms with E-state index in [-0.39, 0.29) is 12.4 Å². The molecule has 0 amide bonds. The summed E-state index contributed by atoms with van der Waals surface area (Å²) in [5.41, 5.74) is 0.870. The van der Waals surface area contributed by atoms with E-state index in [4.69, 9.17) is 10.00 Å². The lowest BCUT2D eigenvalue weighted by molar-refractivity contribution is -0.142. The Morgan fingerprint density at radius 2 is 2.43 bits per heavy atom. The number of nitriles is 1. The standard InChI is InChI=1S/C10H10N2O2/c1-2-14-10(13)6-8-4-3-5-9(7-11)12-8/h3-5H,2,6H2,1H3. The highest BCUT2D eigenvalue weighted by molar-refractivity contribution is 5.71. The number of hydrogen-bond acceptors (Lipinski definition) is 4. The van der Waals surface area contributed by atoms with E-state index in [2.05, 4.69) is 4.98 Å². The first-order valence-electron chi connectivity index (χ1n) is 4.28. The molecule has 4 heteroatoms. The van der Waals surface area contributed by atoms with E-state index >= 15 is 0 Å². The summed E-state index contributed by atoms with van der Waals surface area (Å²) in [6.07, 6.45) is 0.114. The molecule has 1 heterocycles. The van der Waals surface area contributed by atoms with Gasteiger partial charge in [0, 0.05) is 0 Å². The Bertz CT molecular complexity index is 369. The van der Waals surface area contributed by atoms with Crippen molar-refractivity contribution in [1.82, 2.24) is 4.98 Å². The van der Waals surface area contributed by atoms with Crippen molar-refractivity contribution in [3.63, 3.8) is 0 Å². The van der Waals surface area contributed by atoms with Gasteiger partial charge in [-0.25, -0.2) is 4.98 Å². The summed E-state index contributed by atoms with van der Waals surface area (Å²) in [7, 11) is 0. The molecule has 0 fully saturated rings. The lowest BCUT2D eigenvalue weighted by Crippen LogP contribution is -2.08. The zero-order chi connectivity index (χ0) is 10.4. The Balaban J connectivity index is 2.68. The lowest BCUT2D eigenvalue weighted by Gasteiger charge is -2.00. The highest BCUT2D eigenvalue weighted by atomic mass is 16.5. The topological polar surface area (TPSA) is 63.0 Å². The van der Waals surface area contributed by atoms with E-state index in [1.807, 2.05) is 6.07 Å². The van der Waals surface area contributed by atoms with E-state index in [1.54, 1.807) is 25.1 Å². The number of hydrogen-bond donors (Lipinski definition) is 0. The van der Waals surface area contributed by atoms with Crippen LogP contribution in [0.4, 0.5) is 0 Å². The minimum Gasteiger partial charge on any atom is -0.466 e. The van der Waals surface area contributed by atoms with Gasteiger partial charge in [-0.15, -0.1) is 0 Å². The fourth-order valence-electron chi connectivity index (χ4n) is 1.00. The highest BCUT2D eigenvalue weighted by Crippen LogP contribution is 2.00. The second-order valence-electron chi connectivity index (χ2n) is 2.61. The molecule has 0 unspecified atom stereocenters. The molecule has 0 saturated heterocycles. The van der Waals surface area contributed by atoms with Gasteiger partial charge in [-0.3, -0.25) is 4.79 Å². The minimum atomic E-state index is -0.324. The average Bonchev–Trinajstić information content (AvgIpc) is 2.18. The second kappa shape index (κ2) is 4.97. The molecule has 0 aliphatic heterocycles. The zero-order valence-electron chi connectivity index (χ0n) is 7.86. The molecule has 0 saturated carbocycles. The number of ether oxygens (including phenoxy) is 1. The van der Waals surface area contributed by atoms with Gasteiger partial charge in [0.15, 0.2) is 0 Å². The third-order valence-electron chi connectivity index (χ3n) is 1.55. The maximum Gasteiger partial charge on any atom is 0.311 e. The van der Waals surface area contributed by atoms with Gasteiger partial charge < -0.3 is 4.74 Å². The van der Waals surface area contributed by atoms with E-state index < -0.39 is 0 Å². The first-order valence-corrected chi connectivity index (χ1v) is 4.28. The Morgan fingerprint density at radius 1 is 1.64 bits per heavy atom. The average molecular weight is 190 g/mol. The highest BCUT2D eigenvalue weighted by Gasteiger charge is 2.05. The number of carbonyl (C=O) groups is 1. The van der Waals surface area contributed by atoms with Crippen LogP contribution in [0.2, 0.25) is 0 Å². The van der Waals surface area contributed by atoms with Gasteiger partial charge in [0.25, 0.3) is 0 Å². The molecule has 0 atom stereocenters. The number of pyridine rings is 1. The number of carbonyl (C=O) groups excluding carboxylic acids is 1. The van der Waals surface area contributed by atoms with Crippen molar-refractivity contribution >= 4 is 5.97 Å². The third-order valence-corrected chi connectivity index (χ3v) is 1.55. The summed E-state index contributed by atoms with van der Waals surface area (Å²) < 4.78 is 4.76. The van der Waals surface area contributed by atoms with Gasteiger partial charge in [-0.1, -0.05) is 6.07 Å². The predicted molar refractivity (Wildman–Crippen MR) is 49.3 cm³/mol. The molecule has 0 radical (unpaired) electrons. The van der Waals surface area contributed by atoms with Crippen LogP contribution in [0, 0.1) is 11.3 Å². The fraction of sp³-hybridized carbons (Fsp3) is 0.300. The van der Waals surface area contributed by atoms with Crippen molar-refractivity contribution in [2.75, 3.05) is 6.61 Å². The second-order valence-corrected chi connectivity index (χ2v) is 2.61. The maximum atomic E-state index is 11.1. The minimum absolute atomic E-state index is 0.114. The molecule has 0 aliphatic carbocycles. The summed E-state index contributed by atoms with van der Waals surface area (Å²) in [6, 6.07) is 6.89. The zero-order valence-corrected chi connectivity index (χ0v) is 7.86. The van der Waals surface area contributed by atoms with Gasteiger partial charge in [0.05, 0.1) is 18.7 Å². The van der Waals surface area contributed by atoms with Crippen molar-refractivity contribution in [2.45, 2.75) is 13.3 Å². The van der Waals surface area contributed by atoms with Crippen LogP contribution in [0.15, 0.2) is 18.2 Å².